The van der Waals surface area contributed by atoms with Crippen LogP contribution in [0.5, 0.6) is 5.75 Å². The summed E-state index contributed by atoms with van der Waals surface area (Å²) >= 11 is 0. The van der Waals surface area contributed by atoms with Crippen molar-refractivity contribution >= 4 is 23.5 Å². The average Bonchev–Trinajstić information content (AvgIpc) is 2.69. The number of hydrogen-bond acceptors (Lipinski definition) is 5. The summed E-state index contributed by atoms with van der Waals surface area (Å²) in [7, 11) is 1.48. The zero-order valence-electron chi connectivity index (χ0n) is 17.1. The Hall–Kier alpha value is -3.35. The minimum absolute atomic E-state index is 0.163. The molecule has 1 atom stereocenters. The molecule has 29 heavy (non-hydrogen) atoms. The van der Waals surface area contributed by atoms with Gasteiger partial charge in [-0.25, -0.2) is 4.79 Å². The van der Waals surface area contributed by atoms with E-state index in [-0.39, 0.29) is 18.0 Å². The van der Waals surface area contributed by atoms with E-state index in [0.29, 0.717) is 18.0 Å². The molecule has 0 unspecified atom stereocenters. The Morgan fingerprint density at radius 1 is 1.07 bits per heavy atom. The zero-order chi connectivity index (χ0) is 21.4. The second-order valence-electron chi connectivity index (χ2n) is 6.59. The Kier molecular flexibility index (Phi) is 7.77. The van der Waals surface area contributed by atoms with Crippen LogP contribution in [-0.2, 0) is 14.3 Å². The fraction of sp³-hybridized carbons (Fsp3) is 0.318. The van der Waals surface area contributed by atoms with Crippen molar-refractivity contribution < 1.29 is 23.9 Å². The predicted octanol–water partition coefficient (Wildman–Crippen LogP) is 3.04. The second kappa shape index (κ2) is 10.3. The quantitative estimate of drug-likeness (QED) is 0.691. The third-order valence-electron chi connectivity index (χ3n) is 4.13. The molecule has 0 aliphatic rings. The first-order valence-electron chi connectivity index (χ1n) is 9.36. The van der Waals surface area contributed by atoms with Gasteiger partial charge in [-0.1, -0.05) is 29.8 Å². The van der Waals surface area contributed by atoms with Crippen molar-refractivity contribution in [2.75, 3.05) is 25.5 Å². The van der Waals surface area contributed by atoms with Crippen molar-refractivity contribution in [3.05, 3.63) is 59.7 Å². The molecule has 7 nitrogen and oxygen atoms in total. The smallest absolute Gasteiger partial charge is 0.342 e. The van der Waals surface area contributed by atoms with Gasteiger partial charge in [0.05, 0.1) is 13.2 Å². The van der Waals surface area contributed by atoms with E-state index >= 15 is 0 Å². The van der Waals surface area contributed by atoms with Gasteiger partial charge in [-0.3, -0.25) is 9.59 Å². The maximum Gasteiger partial charge on any atom is 0.342 e. The van der Waals surface area contributed by atoms with E-state index < -0.39 is 18.0 Å². The Labute approximate surface area is 170 Å². The molecule has 0 saturated carbocycles. The largest absolute Gasteiger partial charge is 0.493 e. The number of carbonyl (C=O) groups excluding carboxylic acids is 3. The molecule has 0 aromatic heterocycles. The molecule has 0 spiro atoms. The van der Waals surface area contributed by atoms with E-state index in [1.807, 2.05) is 26.0 Å². The van der Waals surface area contributed by atoms with Crippen molar-refractivity contribution in [3.8, 4) is 5.75 Å². The number of para-hydroxylation sites is 1. The van der Waals surface area contributed by atoms with Crippen LogP contribution < -0.4 is 10.1 Å². The lowest BCUT2D eigenvalue weighted by atomic mass is 10.2. The van der Waals surface area contributed by atoms with Gasteiger partial charge in [0.2, 0.25) is 5.91 Å². The molecular formula is C22H26N2O5. The highest BCUT2D eigenvalue weighted by Crippen LogP contribution is 2.19. The number of anilines is 1. The molecule has 1 N–H and O–H groups in total. The monoisotopic (exact) mass is 398 g/mol. The molecule has 0 radical (unpaired) electrons. The highest BCUT2D eigenvalue weighted by atomic mass is 16.5. The van der Waals surface area contributed by atoms with Crippen LogP contribution in [0.3, 0.4) is 0 Å². The van der Waals surface area contributed by atoms with Gasteiger partial charge in [-0.15, -0.1) is 0 Å². The molecule has 0 aliphatic carbocycles. The first-order valence-corrected chi connectivity index (χ1v) is 9.36. The fourth-order valence-electron chi connectivity index (χ4n) is 2.63. The number of esters is 1. The SMILES string of the molecule is CCOc1ccccc1C(=O)O[C@@H](C)C(=O)N(C)CC(=O)Nc1ccc(C)cc1. The molecule has 2 rings (SSSR count). The summed E-state index contributed by atoms with van der Waals surface area (Å²) in [5, 5.41) is 2.72. The normalized spacial score (nSPS) is 11.3. The fourth-order valence-corrected chi connectivity index (χ4v) is 2.63. The van der Waals surface area contributed by atoms with Gasteiger partial charge in [-0.2, -0.15) is 0 Å². The van der Waals surface area contributed by atoms with Crippen molar-refractivity contribution in [3.63, 3.8) is 0 Å². The van der Waals surface area contributed by atoms with Gasteiger partial charge >= 0.3 is 5.97 Å². The maximum atomic E-state index is 12.5. The first-order chi connectivity index (χ1) is 13.8. The standard InChI is InChI=1S/C22H26N2O5/c1-5-28-19-9-7-6-8-18(19)22(27)29-16(3)21(26)24(4)14-20(25)23-17-12-10-15(2)11-13-17/h6-13,16H,5,14H2,1-4H3,(H,23,25)/t16-/m0/s1. The molecule has 2 amide bonds. The summed E-state index contributed by atoms with van der Waals surface area (Å²) in [5.41, 5.74) is 1.97. The van der Waals surface area contributed by atoms with E-state index in [1.165, 1.54) is 18.9 Å². The van der Waals surface area contributed by atoms with Crippen LogP contribution in [0.15, 0.2) is 48.5 Å². The second-order valence-corrected chi connectivity index (χ2v) is 6.59. The lowest BCUT2D eigenvalue weighted by Gasteiger charge is -2.21. The Balaban J connectivity index is 1.92. The molecule has 0 heterocycles. The number of benzene rings is 2. The van der Waals surface area contributed by atoms with Gasteiger partial charge in [0.25, 0.3) is 5.91 Å². The number of nitrogens with zero attached hydrogens (tertiary/aromatic N) is 1. The predicted molar refractivity (Wildman–Crippen MR) is 110 cm³/mol. The lowest BCUT2D eigenvalue weighted by molar-refractivity contribution is -0.140. The third kappa shape index (κ3) is 6.34. The number of rotatable bonds is 8. The van der Waals surface area contributed by atoms with Gasteiger partial charge in [0, 0.05) is 12.7 Å². The number of likely N-dealkylation sites (N-methyl/N-ethyl adjacent to an activating group) is 1. The Bertz CT molecular complexity index is 864. The summed E-state index contributed by atoms with van der Waals surface area (Å²) in [6, 6.07) is 14.0. The van der Waals surface area contributed by atoms with Crippen molar-refractivity contribution in [1.29, 1.82) is 0 Å². The number of nitrogens with one attached hydrogen (secondary N) is 1. The third-order valence-corrected chi connectivity index (χ3v) is 4.13. The number of carbonyl (C=O) groups is 3. The van der Waals surface area contributed by atoms with Crippen LogP contribution in [0.1, 0.15) is 29.8 Å². The van der Waals surface area contributed by atoms with Crippen LogP contribution in [0, 0.1) is 6.92 Å². The van der Waals surface area contributed by atoms with Crippen LogP contribution >= 0.6 is 0 Å². The summed E-state index contributed by atoms with van der Waals surface area (Å²) in [6.45, 7) is 5.47. The summed E-state index contributed by atoms with van der Waals surface area (Å²) in [4.78, 5) is 38.3. The highest BCUT2D eigenvalue weighted by molar-refractivity contribution is 5.97. The minimum Gasteiger partial charge on any atom is -0.493 e. The van der Waals surface area contributed by atoms with Gasteiger partial charge in [0.1, 0.15) is 11.3 Å². The molecule has 7 heteroatoms. The number of amides is 2. The number of aryl methyl sites for hydroxylation is 1. The van der Waals surface area contributed by atoms with E-state index in [2.05, 4.69) is 5.32 Å². The summed E-state index contributed by atoms with van der Waals surface area (Å²) < 4.78 is 10.7. The topological polar surface area (TPSA) is 84.9 Å². The van der Waals surface area contributed by atoms with Gasteiger partial charge in [-0.05, 0) is 45.0 Å². The van der Waals surface area contributed by atoms with Gasteiger partial charge < -0.3 is 19.7 Å². The van der Waals surface area contributed by atoms with Crippen LogP contribution in [-0.4, -0.2) is 49.0 Å². The van der Waals surface area contributed by atoms with E-state index in [4.69, 9.17) is 9.47 Å². The molecule has 0 bridgehead atoms. The highest BCUT2D eigenvalue weighted by Gasteiger charge is 2.25. The molecule has 0 aliphatic heterocycles. The molecule has 2 aromatic carbocycles. The van der Waals surface area contributed by atoms with Crippen molar-refractivity contribution in [2.24, 2.45) is 0 Å². The number of hydrogen-bond donors (Lipinski definition) is 1. The number of ether oxygens (including phenoxy) is 2. The Morgan fingerprint density at radius 3 is 2.38 bits per heavy atom. The zero-order valence-corrected chi connectivity index (χ0v) is 17.1. The summed E-state index contributed by atoms with van der Waals surface area (Å²) in [6.07, 6.45) is -1.05. The molecular weight excluding hydrogens is 372 g/mol. The summed E-state index contributed by atoms with van der Waals surface area (Å²) in [5.74, 6) is -1.09. The van der Waals surface area contributed by atoms with Crippen LogP contribution in [0.2, 0.25) is 0 Å². The van der Waals surface area contributed by atoms with E-state index in [9.17, 15) is 14.4 Å². The first kappa shape index (κ1) is 21.9. The molecule has 154 valence electrons. The van der Waals surface area contributed by atoms with Crippen molar-refractivity contribution in [1.82, 2.24) is 4.90 Å². The van der Waals surface area contributed by atoms with E-state index in [1.54, 1.807) is 36.4 Å². The van der Waals surface area contributed by atoms with E-state index in [0.717, 1.165) is 5.56 Å². The molecule has 0 fully saturated rings. The van der Waals surface area contributed by atoms with Crippen LogP contribution in [0.25, 0.3) is 0 Å². The lowest BCUT2D eigenvalue weighted by Crippen LogP contribution is -2.41. The van der Waals surface area contributed by atoms with Crippen LogP contribution in [0.4, 0.5) is 5.69 Å². The van der Waals surface area contributed by atoms with Gasteiger partial charge in [0.15, 0.2) is 6.10 Å². The Morgan fingerprint density at radius 2 is 1.72 bits per heavy atom. The maximum absolute atomic E-state index is 12.5. The molecule has 2 aromatic rings. The average molecular weight is 398 g/mol. The minimum atomic E-state index is -1.05. The van der Waals surface area contributed by atoms with Crippen molar-refractivity contribution in [2.45, 2.75) is 26.9 Å². The molecule has 0 saturated heterocycles.